The molecule has 0 aromatic heterocycles. The number of benzene rings is 2. The van der Waals surface area contributed by atoms with E-state index in [-0.39, 0.29) is 49.2 Å². The van der Waals surface area contributed by atoms with E-state index in [1.54, 1.807) is 0 Å². The Morgan fingerprint density at radius 2 is 1.53 bits per heavy atom. The molecule has 2 aliphatic rings. The Labute approximate surface area is 199 Å². The van der Waals surface area contributed by atoms with Gasteiger partial charge in [-0.3, -0.25) is 9.59 Å². The van der Waals surface area contributed by atoms with E-state index in [4.69, 9.17) is 9.84 Å². The van der Waals surface area contributed by atoms with Crippen molar-refractivity contribution < 1.29 is 24.2 Å². The third kappa shape index (κ3) is 5.58. The molecule has 4 rings (SSSR count). The van der Waals surface area contributed by atoms with Gasteiger partial charge in [0.15, 0.2) is 0 Å². The Morgan fingerprint density at radius 3 is 2.06 bits per heavy atom. The fraction of sp³-hybridized carbons (Fsp3) is 0.444. The second kappa shape index (κ2) is 10.3. The number of carboxylic acids is 1. The van der Waals surface area contributed by atoms with Gasteiger partial charge in [0.2, 0.25) is 5.91 Å². The summed E-state index contributed by atoms with van der Waals surface area (Å²) in [5.41, 5.74) is 4.63. The van der Waals surface area contributed by atoms with Gasteiger partial charge in [-0.25, -0.2) is 4.79 Å². The largest absolute Gasteiger partial charge is 0.481 e. The monoisotopic (exact) mass is 464 g/mol. The van der Waals surface area contributed by atoms with Crippen LogP contribution in [0.3, 0.4) is 0 Å². The zero-order valence-electron chi connectivity index (χ0n) is 19.6. The summed E-state index contributed by atoms with van der Waals surface area (Å²) in [6.07, 6.45) is 1.35. The molecule has 2 amide bonds. The molecule has 2 aliphatic carbocycles. The zero-order chi connectivity index (χ0) is 24.2. The molecule has 3 N–H and O–H groups in total. The van der Waals surface area contributed by atoms with E-state index >= 15 is 0 Å². The summed E-state index contributed by atoms with van der Waals surface area (Å²) in [5, 5.41) is 14.8. The van der Waals surface area contributed by atoms with Gasteiger partial charge in [0.1, 0.15) is 6.61 Å². The third-order valence-electron chi connectivity index (χ3n) is 6.79. The lowest BCUT2D eigenvalue weighted by Crippen LogP contribution is -2.45. The lowest BCUT2D eigenvalue weighted by atomic mass is 9.98. The van der Waals surface area contributed by atoms with E-state index in [0.717, 1.165) is 24.0 Å². The smallest absolute Gasteiger partial charge is 0.407 e. The van der Waals surface area contributed by atoms with E-state index in [0.29, 0.717) is 0 Å². The van der Waals surface area contributed by atoms with Crippen LogP contribution in [0.5, 0.6) is 0 Å². The van der Waals surface area contributed by atoms with Crippen molar-refractivity contribution in [2.24, 2.45) is 11.8 Å². The first-order valence-electron chi connectivity index (χ1n) is 12.0. The van der Waals surface area contributed by atoms with Gasteiger partial charge in [0, 0.05) is 24.4 Å². The average molecular weight is 465 g/mol. The number of alkyl carbamates (subject to hydrolysis) is 1. The number of amides is 2. The number of carboxylic acid groups (broad SMARTS) is 1. The summed E-state index contributed by atoms with van der Waals surface area (Å²) in [7, 11) is 0. The second-order valence-electron chi connectivity index (χ2n) is 9.63. The Kier molecular flexibility index (Phi) is 7.20. The molecule has 7 heteroatoms. The van der Waals surface area contributed by atoms with Crippen molar-refractivity contribution in [2.45, 2.75) is 57.5 Å². The van der Waals surface area contributed by atoms with Gasteiger partial charge in [-0.2, -0.15) is 0 Å². The number of hydrogen-bond acceptors (Lipinski definition) is 4. The maximum absolute atomic E-state index is 12.7. The number of nitrogens with one attached hydrogen (secondary N) is 2. The third-order valence-corrected chi connectivity index (χ3v) is 6.79. The van der Waals surface area contributed by atoms with Gasteiger partial charge < -0.3 is 20.5 Å². The predicted molar refractivity (Wildman–Crippen MR) is 128 cm³/mol. The molecule has 7 nitrogen and oxygen atoms in total. The first-order valence-corrected chi connectivity index (χ1v) is 12.0. The van der Waals surface area contributed by atoms with Crippen LogP contribution < -0.4 is 10.6 Å². The minimum Gasteiger partial charge on any atom is -0.481 e. The summed E-state index contributed by atoms with van der Waals surface area (Å²) in [6, 6.07) is 15.6. The van der Waals surface area contributed by atoms with Crippen molar-refractivity contribution in [2.75, 3.05) is 6.61 Å². The first-order chi connectivity index (χ1) is 16.3. The topological polar surface area (TPSA) is 105 Å². The molecule has 0 aliphatic heterocycles. The van der Waals surface area contributed by atoms with Crippen LogP contribution >= 0.6 is 0 Å². The number of carbonyl (C=O) groups excluding carboxylic acids is 2. The van der Waals surface area contributed by atoms with Crippen LogP contribution in [0.15, 0.2) is 48.5 Å². The second-order valence-corrected chi connectivity index (χ2v) is 9.63. The number of carbonyl (C=O) groups is 3. The highest BCUT2D eigenvalue weighted by Crippen LogP contribution is 2.44. The molecule has 2 aromatic carbocycles. The highest BCUT2D eigenvalue weighted by molar-refractivity contribution is 5.80. The van der Waals surface area contributed by atoms with Crippen molar-refractivity contribution in [1.29, 1.82) is 0 Å². The highest BCUT2D eigenvalue weighted by Gasteiger charge is 2.35. The van der Waals surface area contributed by atoms with E-state index in [1.807, 2.05) is 38.1 Å². The quantitative estimate of drug-likeness (QED) is 0.486. The summed E-state index contributed by atoms with van der Waals surface area (Å²) >= 11 is 0. The van der Waals surface area contributed by atoms with Crippen molar-refractivity contribution in [3.63, 3.8) is 0 Å². The fourth-order valence-corrected chi connectivity index (χ4v) is 4.73. The molecule has 34 heavy (non-hydrogen) atoms. The Bertz CT molecular complexity index is 1020. The molecule has 2 aromatic rings. The molecule has 2 atom stereocenters. The Morgan fingerprint density at radius 1 is 0.941 bits per heavy atom. The maximum atomic E-state index is 12.7. The molecular weight excluding hydrogens is 432 g/mol. The molecule has 1 unspecified atom stereocenters. The molecule has 0 bridgehead atoms. The van der Waals surface area contributed by atoms with Crippen molar-refractivity contribution in [3.05, 3.63) is 59.7 Å². The lowest BCUT2D eigenvalue weighted by Gasteiger charge is -2.23. The number of aliphatic carboxylic acids is 1. The van der Waals surface area contributed by atoms with Gasteiger partial charge in [-0.05, 0) is 46.9 Å². The molecule has 0 radical (unpaired) electrons. The average Bonchev–Trinajstić information content (AvgIpc) is 3.59. The minimum absolute atomic E-state index is 0.00508. The fourth-order valence-electron chi connectivity index (χ4n) is 4.73. The van der Waals surface area contributed by atoms with Crippen LogP contribution in [0.25, 0.3) is 11.1 Å². The van der Waals surface area contributed by atoms with Crippen LogP contribution in [-0.4, -0.2) is 41.8 Å². The summed E-state index contributed by atoms with van der Waals surface area (Å²) in [5.74, 6) is -0.994. The minimum atomic E-state index is -0.950. The molecular formula is C27H32N2O5. The first kappa shape index (κ1) is 23.8. The van der Waals surface area contributed by atoms with Crippen molar-refractivity contribution in [3.8, 4) is 11.1 Å². The van der Waals surface area contributed by atoms with Gasteiger partial charge in [-0.1, -0.05) is 62.4 Å². The van der Waals surface area contributed by atoms with E-state index in [1.165, 1.54) is 11.1 Å². The Balaban J connectivity index is 1.34. The van der Waals surface area contributed by atoms with E-state index in [9.17, 15) is 14.4 Å². The van der Waals surface area contributed by atoms with Crippen molar-refractivity contribution in [1.82, 2.24) is 10.6 Å². The maximum Gasteiger partial charge on any atom is 0.407 e. The number of rotatable bonds is 10. The summed E-state index contributed by atoms with van der Waals surface area (Å²) in [6.45, 7) is 3.97. The van der Waals surface area contributed by atoms with E-state index in [2.05, 4.69) is 34.9 Å². The van der Waals surface area contributed by atoms with E-state index < -0.39 is 18.1 Å². The molecule has 1 fully saturated rings. The van der Waals surface area contributed by atoms with Gasteiger partial charge >= 0.3 is 12.1 Å². The van der Waals surface area contributed by atoms with Gasteiger partial charge in [0.05, 0.1) is 6.42 Å². The SMILES string of the molecule is CC(C)[C@H](CC(=O)O)NC(=O)CC(NC(=O)OCC1c2ccccc2-c2ccccc21)C1CC1. The molecule has 1 saturated carbocycles. The van der Waals surface area contributed by atoms with Gasteiger partial charge in [0.25, 0.3) is 0 Å². The molecule has 0 heterocycles. The van der Waals surface area contributed by atoms with Crippen molar-refractivity contribution >= 4 is 18.0 Å². The molecule has 0 spiro atoms. The van der Waals surface area contributed by atoms with Gasteiger partial charge in [-0.15, -0.1) is 0 Å². The van der Waals surface area contributed by atoms with Crippen LogP contribution in [-0.2, 0) is 14.3 Å². The van der Waals surface area contributed by atoms with Crippen LogP contribution in [0.4, 0.5) is 4.79 Å². The molecule has 180 valence electrons. The lowest BCUT2D eigenvalue weighted by molar-refractivity contribution is -0.138. The van der Waals surface area contributed by atoms with Crippen LogP contribution in [0, 0.1) is 11.8 Å². The summed E-state index contributed by atoms with van der Waals surface area (Å²) < 4.78 is 5.64. The standard InChI is InChI=1S/C27H32N2O5/c1-16(2)23(14-26(31)32)28-25(30)13-24(17-11-12-17)29-27(33)34-15-22-20-9-5-3-7-18(20)19-8-4-6-10-21(19)22/h3-10,16-17,22-24H,11-15H2,1-2H3,(H,28,30)(H,29,33)(H,31,32)/t23-,24?/m0/s1. The molecule has 0 saturated heterocycles. The normalized spacial score (nSPS) is 16.3. The Hall–Kier alpha value is -3.35. The summed E-state index contributed by atoms with van der Waals surface area (Å²) in [4.78, 5) is 36.4. The zero-order valence-corrected chi connectivity index (χ0v) is 19.6. The number of ether oxygens (including phenoxy) is 1. The van der Waals surface area contributed by atoms with Crippen LogP contribution in [0.2, 0.25) is 0 Å². The predicted octanol–water partition coefficient (Wildman–Crippen LogP) is 4.31. The number of fused-ring (bicyclic) bond motifs is 3. The van der Waals surface area contributed by atoms with Crippen LogP contribution in [0.1, 0.15) is 56.6 Å². The highest BCUT2D eigenvalue weighted by atomic mass is 16.5. The number of hydrogen-bond donors (Lipinski definition) is 3.